The lowest BCUT2D eigenvalue weighted by Gasteiger charge is -2.28. The predicted molar refractivity (Wildman–Crippen MR) is 84.5 cm³/mol. The van der Waals surface area contributed by atoms with E-state index in [-0.39, 0.29) is 0 Å². The fourth-order valence-corrected chi connectivity index (χ4v) is 2.76. The van der Waals surface area contributed by atoms with Crippen LogP contribution in [0.2, 0.25) is 0 Å². The van der Waals surface area contributed by atoms with Gasteiger partial charge in [-0.05, 0) is 18.0 Å². The van der Waals surface area contributed by atoms with Crippen molar-refractivity contribution in [1.29, 1.82) is 0 Å². The summed E-state index contributed by atoms with van der Waals surface area (Å²) >= 11 is 3.67. The van der Waals surface area contributed by atoms with Gasteiger partial charge in [0.2, 0.25) is 0 Å². The number of halogens is 1. The molecule has 0 heterocycles. The molecule has 102 valence electrons. The first kappa shape index (κ1) is 15.7. The molecule has 0 aliphatic rings. The zero-order valence-corrected chi connectivity index (χ0v) is 13.5. The molecular formula is C16H26BrN. The average Bonchev–Trinajstić information content (AvgIpc) is 2.43. The molecule has 2 unspecified atom stereocenters. The van der Waals surface area contributed by atoms with Crippen LogP contribution in [0.3, 0.4) is 0 Å². The van der Waals surface area contributed by atoms with Crippen molar-refractivity contribution in [3.8, 4) is 0 Å². The highest BCUT2D eigenvalue weighted by atomic mass is 79.9. The molecule has 0 saturated heterocycles. The van der Waals surface area contributed by atoms with E-state index in [9.17, 15) is 0 Å². The average molecular weight is 312 g/mol. The summed E-state index contributed by atoms with van der Waals surface area (Å²) in [4.78, 5) is 2.58. The van der Waals surface area contributed by atoms with Crippen LogP contribution >= 0.6 is 15.9 Å². The van der Waals surface area contributed by atoms with Gasteiger partial charge < -0.3 is 4.90 Å². The molecule has 0 spiro atoms. The summed E-state index contributed by atoms with van der Waals surface area (Å²) in [6.45, 7) is 10.4. The Balaban J connectivity index is 2.61. The molecule has 18 heavy (non-hydrogen) atoms. The van der Waals surface area contributed by atoms with Gasteiger partial charge in [0.05, 0.1) is 0 Å². The van der Waals surface area contributed by atoms with Crippen molar-refractivity contribution in [2.75, 3.05) is 25.0 Å². The summed E-state index contributed by atoms with van der Waals surface area (Å²) in [5, 5.41) is 1.04. The van der Waals surface area contributed by atoms with E-state index in [2.05, 4.69) is 71.9 Å². The molecule has 1 rings (SSSR count). The monoisotopic (exact) mass is 311 g/mol. The second-order valence-electron chi connectivity index (χ2n) is 5.13. The van der Waals surface area contributed by atoms with Crippen LogP contribution in [0.5, 0.6) is 0 Å². The number of hydrogen-bond acceptors (Lipinski definition) is 1. The van der Waals surface area contributed by atoms with Crippen molar-refractivity contribution in [2.24, 2.45) is 5.92 Å². The molecule has 1 nitrogen and oxygen atoms in total. The third-order valence-electron chi connectivity index (χ3n) is 3.65. The SMILES string of the molecule is CCC(C)CN(CC)CC(CBr)c1ccccc1. The van der Waals surface area contributed by atoms with Gasteiger partial charge in [-0.1, -0.05) is 73.5 Å². The van der Waals surface area contributed by atoms with E-state index >= 15 is 0 Å². The fourth-order valence-electron chi connectivity index (χ4n) is 2.18. The van der Waals surface area contributed by atoms with Gasteiger partial charge in [-0.2, -0.15) is 0 Å². The predicted octanol–water partition coefficient (Wildman–Crippen LogP) is 4.53. The van der Waals surface area contributed by atoms with E-state index in [1.165, 1.54) is 18.5 Å². The third-order valence-corrected chi connectivity index (χ3v) is 4.43. The maximum absolute atomic E-state index is 3.67. The van der Waals surface area contributed by atoms with E-state index in [4.69, 9.17) is 0 Å². The van der Waals surface area contributed by atoms with Crippen molar-refractivity contribution in [3.63, 3.8) is 0 Å². The molecule has 1 aromatic carbocycles. The van der Waals surface area contributed by atoms with Crippen molar-refractivity contribution in [1.82, 2.24) is 4.90 Å². The first-order chi connectivity index (χ1) is 8.71. The van der Waals surface area contributed by atoms with Gasteiger partial charge in [0.15, 0.2) is 0 Å². The minimum atomic E-state index is 0.593. The number of hydrogen-bond donors (Lipinski definition) is 0. The number of rotatable bonds is 8. The summed E-state index contributed by atoms with van der Waals surface area (Å²) < 4.78 is 0. The zero-order chi connectivity index (χ0) is 13.4. The van der Waals surface area contributed by atoms with E-state index in [1.54, 1.807) is 0 Å². The lowest BCUT2D eigenvalue weighted by Crippen LogP contribution is -2.32. The van der Waals surface area contributed by atoms with E-state index in [0.29, 0.717) is 5.92 Å². The topological polar surface area (TPSA) is 3.24 Å². The molecule has 0 saturated carbocycles. The quantitative estimate of drug-likeness (QED) is 0.637. The van der Waals surface area contributed by atoms with Crippen LogP contribution in [0.1, 0.15) is 38.7 Å². The summed E-state index contributed by atoms with van der Waals surface area (Å²) in [6, 6.07) is 10.8. The molecule has 0 aliphatic carbocycles. The first-order valence-corrected chi connectivity index (χ1v) is 8.16. The van der Waals surface area contributed by atoms with Crippen molar-refractivity contribution < 1.29 is 0 Å². The standard InChI is InChI=1S/C16H26BrN/c1-4-14(3)12-18(5-2)13-16(11-17)15-9-7-6-8-10-15/h6-10,14,16H,4-5,11-13H2,1-3H3. The molecule has 0 aliphatic heterocycles. The Kier molecular flexibility index (Phi) is 7.60. The fraction of sp³-hybridized carbons (Fsp3) is 0.625. The van der Waals surface area contributed by atoms with Crippen LogP contribution in [0.4, 0.5) is 0 Å². The molecular weight excluding hydrogens is 286 g/mol. The van der Waals surface area contributed by atoms with Gasteiger partial charge in [0, 0.05) is 24.3 Å². The second kappa shape index (κ2) is 8.71. The highest BCUT2D eigenvalue weighted by molar-refractivity contribution is 9.09. The summed E-state index contributed by atoms with van der Waals surface area (Å²) in [5.41, 5.74) is 1.44. The molecule has 0 amide bonds. The van der Waals surface area contributed by atoms with Gasteiger partial charge in [-0.25, -0.2) is 0 Å². The van der Waals surface area contributed by atoms with Crippen molar-refractivity contribution in [2.45, 2.75) is 33.1 Å². The van der Waals surface area contributed by atoms with E-state index < -0.39 is 0 Å². The highest BCUT2D eigenvalue weighted by Crippen LogP contribution is 2.20. The Morgan fingerprint density at radius 2 is 1.78 bits per heavy atom. The second-order valence-corrected chi connectivity index (χ2v) is 5.78. The maximum Gasteiger partial charge on any atom is 0.0112 e. The number of nitrogens with zero attached hydrogens (tertiary/aromatic N) is 1. The molecule has 0 radical (unpaired) electrons. The minimum absolute atomic E-state index is 0.593. The Morgan fingerprint density at radius 3 is 2.28 bits per heavy atom. The maximum atomic E-state index is 3.67. The molecule has 0 aromatic heterocycles. The smallest absolute Gasteiger partial charge is 0.0112 e. The Hall–Kier alpha value is -0.340. The van der Waals surface area contributed by atoms with Gasteiger partial charge in [0.25, 0.3) is 0 Å². The van der Waals surface area contributed by atoms with E-state index in [0.717, 1.165) is 24.3 Å². The summed E-state index contributed by atoms with van der Waals surface area (Å²) in [6.07, 6.45) is 1.26. The molecule has 0 bridgehead atoms. The number of likely N-dealkylation sites (N-methyl/N-ethyl adjacent to an activating group) is 1. The Morgan fingerprint density at radius 1 is 1.11 bits per heavy atom. The number of alkyl halides is 1. The van der Waals surface area contributed by atoms with Crippen LogP contribution in [-0.4, -0.2) is 29.9 Å². The Bertz CT molecular complexity index is 312. The normalized spacial score (nSPS) is 14.7. The van der Waals surface area contributed by atoms with Crippen molar-refractivity contribution >= 4 is 15.9 Å². The molecule has 0 N–H and O–H groups in total. The van der Waals surface area contributed by atoms with Crippen LogP contribution in [0.15, 0.2) is 30.3 Å². The summed E-state index contributed by atoms with van der Waals surface area (Å²) in [5.74, 6) is 1.38. The molecule has 1 aromatic rings. The lowest BCUT2D eigenvalue weighted by molar-refractivity contribution is 0.236. The minimum Gasteiger partial charge on any atom is -0.303 e. The Labute approximate surface area is 121 Å². The molecule has 2 atom stereocenters. The first-order valence-electron chi connectivity index (χ1n) is 7.04. The number of benzene rings is 1. The van der Waals surface area contributed by atoms with Crippen molar-refractivity contribution in [3.05, 3.63) is 35.9 Å². The van der Waals surface area contributed by atoms with Gasteiger partial charge in [-0.3, -0.25) is 0 Å². The van der Waals surface area contributed by atoms with Gasteiger partial charge in [0.1, 0.15) is 0 Å². The zero-order valence-electron chi connectivity index (χ0n) is 11.9. The van der Waals surface area contributed by atoms with Gasteiger partial charge in [-0.15, -0.1) is 0 Å². The van der Waals surface area contributed by atoms with Crippen LogP contribution in [-0.2, 0) is 0 Å². The largest absolute Gasteiger partial charge is 0.303 e. The molecule has 0 fully saturated rings. The highest BCUT2D eigenvalue weighted by Gasteiger charge is 2.15. The van der Waals surface area contributed by atoms with E-state index in [1.807, 2.05) is 0 Å². The van der Waals surface area contributed by atoms with Crippen LogP contribution < -0.4 is 0 Å². The lowest BCUT2D eigenvalue weighted by atomic mass is 10.00. The van der Waals surface area contributed by atoms with Gasteiger partial charge >= 0.3 is 0 Å². The summed E-state index contributed by atoms with van der Waals surface area (Å²) in [7, 11) is 0. The van der Waals surface area contributed by atoms with Crippen LogP contribution in [0.25, 0.3) is 0 Å². The third kappa shape index (κ3) is 5.11. The molecule has 2 heteroatoms. The van der Waals surface area contributed by atoms with Crippen LogP contribution in [0, 0.1) is 5.92 Å².